The molecule has 0 fully saturated rings. The van der Waals surface area contributed by atoms with Gasteiger partial charge in [-0.3, -0.25) is 0 Å². The Labute approximate surface area is 62.8 Å². The van der Waals surface area contributed by atoms with E-state index in [1.54, 1.807) is 0 Å². The van der Waals surface area contributed by atoms with Gasteiger partial charge in [-0.2, -0.15) is 0 Å². The minimum atomic E-state index is 0.575. The first-order chi connectivity index (χ1) is 4.75. The van der Waals surface area contributed by atoms with E-state index in [9.17, 15) is 0 Å². The second-order valence-corrected chi connectivity index (χ2v) is 2.81. The van der Waals surface area contributed by atoms with E-state index in [4.69, 9.17) is 0 Å². The van der Waals surface area contributed by atoms with Gasteiger partial charge < -0.3 is 5.32 Å². The molecule has 1 nitrogen and oxygen atoms in total. The Hall–Kier alpha value is -0.560. The highest BCUT2D eigenvalue weighted by Crippen LogP contribution is 2.15. The first-order valence-corrected chi connectivity index (χ1v) is 3.81. The topological polar surface area (TPSA) is 12.0 Å². The Bertz CT molecular complexity index is 177. The van der Waals surface area contributed by atoms with Crippen molar-refractivity contribution in [1.29, 1.82) is 0 Å². The van der Waals surface area contributed by atoms with Gasteiger partial charge in [0.25, 0.3) is 0 Å². The van der Waals surface area contributed by atoms with Crippen LogP contribution in [0, 0.1) is 0 Å². The van der Waals surface area contributed by atoms with Crippen molar-refractivity contribution in [2.45, 2.75) is 26.8 Å². The Balaban J connectivity index is 2.75. The molecule has 10 heavy (non-hydrogen) atoms. The number of allylic oxidation sites excluding steroid dienone is 1. The highest BCUT2D eigenvalue weighted by Gasteiger charge is 2.14. The van der Waals surface area contributed by atoms with Gasteiger partial charge >= 0.3 is 0 Å². The fraction of sp³-hybridized carbons (Fsp3) is 0.556. The van der Waals surface area contributed by atoms with Crippen molar-refractivity contribution in [2.24, 2.45) is 0 Å². The fourth-order valence-electron chi connectivity index (χ4n) is 1.23. The molecule has 1 heterocycles. The van der Waals surface area contributed by atoms with E-state index in [0.717, 1.165) is 6.54 Å². The summed E-state index contributed by atoms with van der Waals surface area (Å²) >= 11 is 0. The number of rotatable bonds is 1. The maximum atomic E-state index is 3.38. The van der Waals surface area contributed by atoms with Crippen LogP contribution in [0.2, 0.25) is 0 Å². The highest BCUT2D eigenvalue weighted by atomic mass is 14.9. The Kier molecular flexibility index (Phi) is 2.28. The average Bonchev–Trinajstić information content (AvgIpc) is 2.20. The van der Waals surface area contributed by atoms with Crippen LogP contribution in [0.15, 0.2) is 23.3 Å². The molecule has 0 spiro atoms. The first-order valence-electron chi connectivity index (χ1n) is 3.81. The summed E-state index contributed by atoms with van der Waals surface area (Å²) in [6.45, 7) is 7.49. The van der Waals surface area contributed by atoms with Gasteiger partial charge in [-0.05, 0) is 26.3 Å². The van der Waals surface area contributed by atoms with E-state index in [1.165, 1.54) is 11.1 Å². The minimum absolute atomic E-state index is 0.575. The normalized spacial score (nSPS) is 26.9. The molecule has 0 aromatic heterocycles. The quantitative estimate of drug-likeness (QED) is 0.581. The molecule has 0 bridgehead atoms. The van der Waals surface area contributed by atoms with Gasteiger partial charge in [-0.15, -0.1) is 0 Å². The second kappa shape index (κ2) is 3.02. The van der Waals surface area contributed by atoms with Crippen LogP contribution >= 0.6 is 0 Å². The van der Waals surface area contributed by atoms with Crippen LogP contribution in [-0.4, -0.2) is 12.6 Å². The zero-order valence-electron chi connectivity index (χ0n) is 6.94. The molecular weight excluding hydrogens is 122 g/mol. The summed E-state index contributed by atoms with van der Waals surface area (Å²) in [4.78, 5) is 0. The molecule has 56 valence electrons. The predicted molar refractivity (Wildman–Crippen MR) is 45.0 cm³/mol. The number of hydrogen-bond donors (Lipinski definition) is 1. The molecule has 1 aliphatic rings. The third-order valence-corrected chi connectivity index (χ3v) is 2.12. The smallest absolute Gasteiger partial charge is 0.0257 e. The molecule has 1 heteroatoms. The molecule has 0 saturated carbocycles. The summed E-state index contributed by atoms with van der Waals surface area (Å²) in [5, 5.41) is 3.38. The van der Waals surface area contributed by atoms with E-state index in [0.29, 0.717) is 6.04 Å². The summed E-state index contributed by atoms with van der Waals surface area (Å²) in [6, 6.07) is 0.575. The van der Waals surface area contributed by atoms with Crippen LogP contribution in [0.25, 0.3) is 0 Å². The van der Waals surface area contributed by atoms with E-state index in [1.807, 2.05) is 0 Å². The van der Waals surface area contributed by atoms with Gasteiger partial charge in [-0.1, -0.05) is 17.7 Å². The maximum Gasteiger partial charge on any atom is 0.0257 e. The van der Waals surface area contributed by atoms with E-state index in [-0.39, 0.29) is 0 Å². The SMILES string of the molecule is CC=CC1=C(C)C(C)NC1. The maximum absolute atomic E-state index is 3.38. The third-order valence-electron chi connectivity index (χ3n) is 2.12. The van der Waals surface area contributed by atoms with Gasteiger partial charge in [0, 0.05) is 12.6 Å². The summed E-state index contributed by atoms with van der Waals surface area (Å²) in [5.74, 6) is 0. The van der Waals surface area contributed by atoms with Crippen molar-refractivity contribution in [2.75, 3.05) is 6.54 Å². The van der Waals surface area contributed by atoms with Crippen molar-refractivity contribution >= 4 is 0 Å². The van der Waals surface area contributed by atoms with Crippen molar-refractivity contribution in [3.8, 4) is 0 Å². The monoisotopic (exact) mass is 137 g/mol. The van der Waals surface area contributed by atoms with E-state index in [2.05, 4.69) is 38.2 Å². The fourth-order valence-corrected chi connectivity index (χ4v) is 1.23. The molecule has 1 aliphatic heterocycles. The molecule has 0 amide bonds. The predicted octanol–water partition coefficient (Wildman–Crippen LogP) is 1.87. The van der Waals surface area contributed by atoms with Crippen molar-refractivity contribution in [1.82, 2.24) is 5.32 Å². The lowest BCUT2D eigenvalue weighted by Gasteiger charge is -2.01. The zero-order chi connectivity index (χ0) is 7.56. The van der Waals surface area contributed by atoms with Crippen LogP contribution in [0.5, 0.6) is 0 Å². The summed E-state index contributed by atoms with van der Waals surface area (Å²) in [7, 11) is 0. The van der Waals surface area contributed by atoms with Crippen LogP contribution in [0.4, 0.5) is 0 Å². The number of hydrogen-bond acceptors (Lipinski definition) is 1. The Morgan fingerprint density at radius 3 is 2.70 bits per heavy atom. The van der Waals surface area contributed by atoms with Gasteiger partial charge in [0.05, 0.1) is 0 Å². The van der Waals surface area contributed by atoms with Crippen molar-refractivity contribution in [3.05, 3.63) is 23.3 Å². The lowest BCUT2D eigenvalue weighted by Crippen LogP contribution is -2.19. The van der Waals surface area contributed by atoms with Gasteiger partial charge in [-0.25, -0.2) is 0 Å². The van der Waals surface area contributed by atoms with Crippen LogP contribution in [-0.2, 0) is 0 Å². The minimum Gasteiger partial charge on any atom is -0.306 e. The molecule has 0 saturated heterocycles. The lowest BCUT2D eigenvalue weighted by molar-refractivity contribution is 0.700. The molecule has 1 N–H and O–H groups in total. The average molecular weight is 137 g/mol. The zero-order valence-corrected chi connectivity index (χ0v) is 6.94. The third kappa shape index (κ3) is 1.29. The second-order valence-electron chi connectivity index (χ2n) is 2.81. The van der Waals surface area contributed by atoms with E-state index < -0.39 is 0 Å². The lowest BCUT2D eigenvalue weighted by atomic mass is 10.1. The molecule has 0 aromatic rings. The highest BCUT2D eigenvalue weighted by molar-refractivity contribution is 5.32. The molecule has 1 rings (SSSR count). The van der Waals surface area contributed by atoms with E-state index >= 15 is 0 Å². The molecular formula is C9H15N. The van der Waals surface area contributed by atoms with Crippen LogP contribution in [0.3, 0.4) is 0 Å². The van der Waals surface area contributed by atoms with Crippen LogP contribution in [0.1, 0.15) is 20.8 Å². The van der Waals surface area contributed by atoms with Crippen molar-refractivity contribution < 1.29 is 0 Å². The number of nitrogens with one attached hydrogen (secondary N) is 1. The largest absolute Gasteiger partial charge is 0.306 e. The van der Waals surface area contributed by atoms with Crippen LogP contribution < -0.4 is 5.32 Å². The molecule has 0 aromatic carbocycles. The summed E-state index contributed by atoms with van der Waals surface area (Å²) in [5.41, 5.74) is 2.94. The summed E-state index contributed by atoms with van der Waals surface area (Å²) in [6.07, 6.45) is 4.28. The van der Waals surface area contributed by atoms with Crippen molar-refractivity contribution in [3.63, 3.8) is 0 Å². The molecule has 0 aliphatic carbocycles. The standard InChI is InChI=1S/C9H15N/c1-4-5-9-6-10-8(3)7(9)2/h4-5,8,10H,6H2,1-3H3. The van der Waals surface area contributed by atoms with Gasteiger partial charge in [0.2, 0.25) is 0 Å². The first kappa shape index (κ1) is 7.55. The van der Waals surface area contributed by atoms with Gasteiger partial charge in [0.1, 0.15) is 0 Å². The van der Waals surface area contributed by atoms with Gasteiger partial charge in [0.15, 0.2) is 0 Å². The summed E-state index contributed by atoms with van der Waals surface area (Å²) < 4.78 is 0. The molecule has 0 radical (unpaired) electrons. The molecule has 1 unspecified atom stereocenters. The Morgan fingerprint density at radius 2 is 2.30 bits per heavy atom. The molecule has 1 atom stereocenters. The Morgan fingerprint density at radius 1 is 1.60 bits per heavy atom.